The number of hydrogen-bond donors (Lipinski definition) is 1. The molecule has 0 atom stereocenters. The Morgan fingerprint density at radius 2 is 1.95 bits per heavy atom. The van der Waals surface area contributed by atoms with E-state index in [1.54, 1.807) is 12.1 Å². The maximum absolute atomic E-state index is 13.4. The van der Waals surface area contributed by atoms with Gasteiger partial charge < -0.3 is 5.32 Å². The van der Waals surface area contributed by atoms with Crippen molar-refractivity contribution in [1.82, 2.24) is 5.32 Å². The zero-order valence-electron chi connectivity index (χ0n) is 10.7. The van der Waals surface area contributed by atoms with Gasteiger partial charge in [0.25, 0.3) is 5.91 Å². The highest BCUT2D eigenvalue weighted by molar-refractivity contribution is 9.10. The molecule has 2 aromatic carbocycles. The number of carbonyl (C=O) groups excluding carboxylic acids is 1. The molecule has 0 aliphatic carbocycles. The van der Waals surface area contributed by atoms with Gasteiger partial charge in [-0.2, -0.15) is 0 Å². The maximum atomic E-state index is 13.4. The molecule has 0 fully saturated rings. The van der Waals surface area contributed by atoms with Crippen LogP contribution < -0.4 is 5.32 Å². The number of carbonyl (C=O) groups is 1. The smallest absolute Gasteiger partial charge is 0.251 e. The molecule has 20 heavy (non-hydrogen) atoms. The van der Waals surface area contributed by atoms with Gasteiger partial charge in [0.05, 0.1) is 0 Å². The minimum atomic E-state index is -0.671. The van der Waals surface area contributed by atoms with Gasteiger partial charge >= 0.3 is 0 Å². The topological polar surface area (TPSA) is 29.1 Å². The Morgan fingerprint density at radius 3 is 2.60 bits per heavy atom. The third-order valence-electron chi connectivity index (χ3n) is 2.76. The highest BCUT2D eigenvalue weighted by Gasteiger charge is 2.09. The summed E-state index contributed by atoms with van der Waals surface area (Å²) in [5, 5.41) is 2.61. The van der Waals surface area contributed by atoms with Gasteiger partial charge in [0.15, 0.2) is 0 Å². The second-order valence-electron chi connectivity index (χ2n) is 4.44. The van der Waals surface area contributed by atoms with E-state index in [4.69, 9.17) is 0 Å². The summed E-state index contributed by atoms with van der Waals surface area (Å²) in [7, 11) is 0. The first-order chi connectivity index (χ1) is 9.45. The molecule has 1 amide bonds. The van der Waals surface area contributed by atoms with Crippen LogP contribution in [-0.4, -0.2) is 5.91 Å². The van der Waals surface area contributed by atoms with Crippen molar-refractivity contribution < 1.29 is 13.6 Å². The van der Waals surface area contributed by atoms with Crippen LogP contribution in [0.5, 0.6) is 0 Å². The molecule has 2 aromatic rings. The van der Waals surface area contributed by atoms with E-state index in [0.29, 0.717) is 5.56 Å². The van der Waals surface area contributed by atoms with Gasteiger partial charge in [-0.3, -0.25) is 4.79 Å². The van der Waals surface area contributed by atoms with E-state index in [1.807, 2.05) is 13.0 Å². The minimum absolute atomic E-state index is 0.0104. The average molecular weight is 340 g/mol. The Bertz CT molecular complexity index is 638. The van der Waals surface area contributed by atoms with Crippen LogP contribution in [0.2, 0.25) is 0 Å². The molecule has 0 unspecified atom stereocenters. The van der Waals surface area contributed by atoms with Crippen molar-refractivity contribution in [3.8, 4) is 0 Å². The number of hydrogen-bond acceptors (Lipinski definition) is 1. The summed E-state index contributed by atoms with van der Waals surface area (Å²) in [5.41, 5.74) is 1.67. The lowest BCUT2D eigenvalue weighted by Crippen LogP contribution is -2.23. The van der Waals surface area contributed by atoms with Gasteiger partial charge in [-0.05, 0) is 36.8 Å². The quantitative estimate of drug-likeness (QED) is 0.900. The SMILES string of the molecule is Cc1cc(Br)cc(C(=O)NCc2ccc(F)cc2F)c1. The van der Waals surface area contributed by atoms with Gasteiger partial charge in [0.1, 0.15) is 11.6 Å². The predicted molar refractivity (Wildman–Crippen MR) is 76.4 cm³/mol. The molecular formula is C15H12BrF2NO. The molecule has 104 valence electrons. The Hall–Kier alpha value is -1.75. The molecule has 2 rings (SSSR count). The van der Waals surface area contributed by atoms with E-state index in [1.165, 1.54) is 6.07 Å². The minimum Gasteiger partial charge on any atom is -0.348 e. The van der Waals surface area contributed by atoms with Crippen molar-refractivity contribution in [3.63, 3.8) is 0 Å². The molecule has 0 radical (unpaired) electrons. The fourth-order valence-electron chi connectivity index (χ4n) is 1.81. The Kier molecular flexibility index (Phi) is 4.49. The summed E-state index contributed by atoms with van der Waals surface area (Å²) in [4.78, 5) is 12.0. The van der Waals surface area contributed by atoms with Crippen LogP contribution in [0.1, 0.15) is 21.5 Å². The molecule has 0 saturated heterocycles. The normalized spacial score (nSPS) is 10.4. The summed E-state index contributed by atoms with van der Waals surface area (Å²) < 4.78 is 27.0. The Labute approximate surface area is 123 Å². The van der Waals surface area contributed by atoms with Gasteiger partial charge in [0, 0.05) is 28.2 Å². The van der Waals surface area contributed by atoms with Crippen LogP contribution in [-0.2, 0) is 6.54 Å². The summed E-state index contributed by atoms with van der Waals surface area (Å²) in [6.45, 7) is 1.89. The van der Waals surface area contributed by atoms with Crippen LogP contribution in [0.4, 0.5) is 8.78 Å². The summed E-state index contributed by atoms with van der Waals surface area (Å²) in [6, 6.07) is 8.58. The molecule has 0 saturated carbocycles. The van der Waals surface area contributed by atoms with Crippen LogP contribution in [0.25, 0.3) is 0 Å². The second-order valence-corrected chi connectivity index (χ2v) is 5.35. The number of nitrogens with one attached hydrogen (secondary N) is 1. The second kappa shape index (κ2) is 6.13. The first kappa shape index (κ1) is 14.7. The van der Waals surface area contributed by atoms with E-state index in [9.17, 15) is 13.6 Å². The fourth-order valence-corrected chi connectivity index (χ4v) is 2.42. The van der Waals surface area contributed by atoms with Gasteiger partial charge in [-0.25, -0.2) is 8.78 Å². The van der Waals surface area contributed by atoms with Crippen molar-refractivity contribution in [2.45, 2.75) is 13.5 Å². The highest BCUT2D eigenvalue weighted by Crippen LogP contribution is 2.15. The number of amides is 1. The molecule has 0 aliphatic rings. The van der Waals surface area contributed by atoms with Crippen molar-refractivity contribution in [3.05, 3.63) is 69.2 Å². The molecular weight excluding hydrogens is 328 g/mol. The zero-order chi connectivity index (χ0) is 14.7. The molecule has 0 heterocycles. The van der Waals surface area contributed by atoms with E-state index >= 15 is 0 Å². The lowest BCUT2D eigenvalue weighted by Gasteiger charge is -2.07. The molecule has 0 spiro atoms. The first-order valence-corrected chi connectivity index (χ1v) is 6.74. The summed E-state index contributed by atoms with van der Waals surface area (Å²) >= 11 is 3.32. The van der Waals surface area contributed by atoms with Crippen LogP contribution in [0.3, 0.4) is 0 Å². The zero-order valence-corrected chi connectivity index (χ0v) is 12.3. The van der Waals surface area contributed by atoms with E-state index in [-0.39, 0.29) is 18.0 Å². The molecule has 2 nitrogen and oxygen atoms in total. The number of benzene rings is 2. The Morgan fingerprint density at radius 1 is 1.20 bits per heavy atom. The predicted octanol–water partition coefficient (Wildman–Crippen LogP) is 3.97. The van der Waals surface area contributed by atoms with E-state index in [0.717, 1.165) is 22.2 Å². The number of halogens is 3. The lowest BCUT2D eigenvalue weighted by atomic mass is 10.1. The standard InChI is InChI=1S/C15H12BrF2NO/c1-9-4-11(6-12(16)5-9)15(20)19-8-10-2-3-13(17)7-14(10)18/h2-7H,8H2,1H3,(H,19,20). The maximum Gasteiger partial charge on any atom is 0.251 e. The van der Waals surface area contributed by atoms with Crippen molar-refractivity contribution in [2.24, 2.45) is 0 Å². The first-order valence-electron chi connectivity index (χ1n) is 5.95. The van der Waals surface area contributed by atoms with E-state index < -0.39 is 11.6 Å². The summed E-state index contributed by atoms with van der Waals surface area (Å²) in [6.07, 6.45) is 0. The van der Waals surface area contributed by atoms with Gasteiger partial charge in [-0.15, -0.1) is 0 Å². The third-order valence-corrected chi connectivity index (χ3v) is 3.22. The summed E-state index contributed by atoms with van der Waals surface area (Å²) in [5.74, 6) is -1.62. The number of aryl methyl sites for hydroxylation is 1. The monoisotopic (exact) mass is 339 g/mol. The van der Waals surface area contributed by atoms with Gasteiger partial charge in [0.2, 0.25) is 0 Å². The van der Waals surface area contributed by atoms with Crippen LogP contribution in [0.15, 0.2) is 40.9 Å². The average Bonchev–Trinajstić information content (AvgIpc) is 2.36. The van der Waals surface area contributed by atoms with Crippen LogP contribution >= 0.6 is 15.9 Å². The molecule has 0 aromatic heterocycles. The molecule has 1 N–H and O–H groups in total. The number of rotatable bonds is 3. The van der Waals surface area contributed by atoms with Crippen molar-refractivity contribution in [1.29, 1.82) is 0 Å². The fraction of sp³-hybridized carbons (Fsp3) is 0.133. The molecule has 0 bridgehead atoms. The lowest BCUT2D eigenvalue weighted by molar-refractivity contribution is 0.0950. The molecule has 0 aliphatic heterocycles. The van der Waals surface area contributed by atoms with Crippen molar-refractivity contribution in [2.75, 3.05) is 0 Å². The van der Waals surface area contributed by atoms with Crippen molar-refractivity contribution >= 4 is 21.8 Å². The van der Waals surface area contributed by atoms with E-state index in [2.05, 4.69) is 21.2 Å². The third kappa shape index (κ3) is 3.63. The highest BCUT2D eigenvalue weighted by atomic mass is 79.9. The molecule has 5 heteroatoms. The largest absolute Gasteiger partial charge is 0.348 e. The Balaban J connectivity index is 2.08. The van der Waals surface area contributed by atoms with Gasteiger partial charge in [-0.1, -0.05) is 22.0 Å². The van der Waals surface area contributed by atoms with Crippen LogP contribution in [0, 0.1) is 18.6 Å².